The maximum atomic E-state index is 5.53. The average molecular weight is 204 g/mol. The Morgan fingerprint density at radius 1 is 1.33 bits per heavy atom. The normalized spacial score (nSPS) is 24.5. The van der Waals surface area contributed by atoms with Crippen LogP contribution in [0.5, 0.6) is 0 Å². The Hall–Kier alpha value is -0.860. The quantitative estimate of drug-likeness (QED) is 0.790. The molecule has 1 aliphatic carbocycles. The van der Waals surface area contributed by atoms with Gasteiger partial charge in [-0.2, -0.15) is 0 Å². The first-order valence-electron chi connectivity index (χ1n) is 5.75. The van der Waals surface area contributed by atoms with Gasteiger partial charge in [-0.15, -0.1) is 0 Å². The Morgan fingerprint density at radius 3 is 2.73 bits per heavy atom. The van der Waals surface area contributed by atoms with Crippen molar-refractivity contribution in [1.29, 1.82) is 0 Å². The van der Waals surface area contributed by atoms with E-state index in [9.17, 15) is 0 Å². The van der Waals surface area contributed by atoms with Gasteiger partial charge in [0, 0.05) is 19.6 Å². The van der Waals surface area contributed by atoms with Crippen LogP contribution in [0.15, 0.2) is 30.3 Å². The van der Waals surface area contributed by atoms with Crippen molar-refractivity contribution in [3.8, 4) is 0 Å². The number of nitrogens with two attached hydrogens (primary N) is 1. The molecule has 1 aromatic rings. The molecule has 2 rings (SSSR count). The smallest absolute Gasteiger partial charge is 0.0102 e. The van der Waals surface area contributed by atoms with Gasteiger partial charge in [-0.25, -0.2) is 0 Å². The first-order valence-corrected chi connectivity index (χ1v) is 5.75. The fraction of sp³-hybridized carbons (Fsp3) is 0.538. The third kappa shape index (κ3) is 2.80. The third-order valence-corrected chi connectivity index (χ3v) is 3.21. The van der Waals surface area contributed by atoms with Crippen LogP contribution in [0.4, 0.5) is 0 Å². The van der Waals surface area contributed by atoms with E-state index in [1.165, 1.54) is 18.5 Å². The van der Waals surface area contributed by atoms with Crippen molar-refractivity contribution < 1.29 is 0 Å². The van der Waals surface area contributed by atoms with Crippen LogP contribution in [0.25, 0.3) is 0 Å². The minimum absolute atomic E-state index is 0.763. The predicted molar refractivity (Wildman–Crippen MR) is 63.8 cm³/mol. The summed E-state index contributed by atoms with van der Waals surface area (Å²) in [6.07, 6.45) is 1.35. The van der Waals surface area contributed by atoms with Gasteiger partial charge < -0.3 is 10.6 Å². The standard InChI is InChI=1S/C13H20N2/c1-15(8-7-14)10-12-9-13(12)11-5-3-2-4-6-11/h2-6,12-13H,7-10,14H2,1H3. The van der Waals surface area contributed by atoms with Gasteiger partial charge in [0.1, 0.15) is 0 Å². The molecule has 15 heavy (non-hydrogen) atoms. The molecule has 2 atom stereocenters. The van der Waals surface area contributed by atoms with Gasteiger partial charge >= 0.3 is 0 Å². The molecule has 2 heteroatoms. The van der Waals surface area contributed by atoms with Gasteiger partial charge in [0.15, 0.2) is 0 Å². The molecule has 0 bridgehead atoms. The lowest BCUT2D eigenvalue weighted by atomic mass is 10.1. The van der Waals surface area contributed by atoms with E-state index in [2.05, 4.69) is 42.3 Å². The van der Waals surface area contributed by atoms with E-state index in [1.807, 2.05) is 0 Å². The van der Waals surface area contributed by atoms with Gasteiger partial charge in [-0.3, -0.25) is 0 Å². The number of rotatable bonds is 5. The zero-order valence-corrected chi connectivity index (χ0v) is 9.39. The molecule has 0 aromatic heterocycles. The first-order chi connectivity index (χ1) is 7.31. The lowest BCUT2D eigenvalue weighted by Gasteiger charge is -2.14. The average Bonchev–Trinajstić information content (AvgIpc) is 2.99. The molecule has 0 spiro atoms. The van der Waals surface area contributed by atoms with Crippen molar-refractivity contribution in [3.05, 3.63) is 35.9 Å². The summed E-state index contributed by atoms with van der Waals surface area (Å²) in [6.45, 7) is 2.97. The molecule has 82 valence electrons. The molecule has 0 saturated heterocycles. The summed E-state index contributed by atoms with van der Waals surface area (Å²) in [5.41, 5.74) is 7.03. The van der Waals surface area contributed by atoms with Crippen LogP contribution in [0.3, 0.4) is 0 Å². The lowest BCUT2D eigenvalue weighted by Crippen LogP contribution is -2.27. The maximum Gasteiger partial charge on any atom is 0.0102 e. The summed E-state index contributed by atoms with van der Waals surface area (Å²) in [4.78, 5) is 2.34. The largest absolute Gasteiger partial charge is 0.329 e. The molecule has 1 saturated carbocycles. The van der Waals surface area contributed by atoms with Crippen molar-refractivity contribution in [1.82, 2.24) is 4.90 Å². The minimum Gasteiger partial charge on any atom is -0.329 e. The van der Waals surface area contributed by atoms with E-state index in [1.54, 1.807) is 0 Å². The van der Waals surface area contributed by atoms with Crippen molar-refractivity contribution >= 4 is 0 Å². The molecule has 1 aromatic carbocycles. The highest BCUT2D eigenvalue weighted by molar-refractivity contribution is 5.25. The summed E-state index contributed by atoms with van der Waals surface area (Å²) < 4.78 is 0. The van der Waals surface area contributed by atoms with E-state index in [-0.39, 0.29) is 0 Å². The molecular formula is C13H20N2. The summed E-state index contributed by atoms with van der Waals surface area (Å²) in [7, 11) is 2.16. The van der Waals surface area contributed by atoms with Gasteiger partial charge in [-0.05, 0) is 30.9 Å². The molecule has 2 nitrogen and oxygen atoms in total. The number of benzene rings is 1. The van der Waals surface area contributed by atoms with Gasteiger partial charge in [-0.1, -0.05) is 30.3 Å². The topological polar surface area (TPSA) is 29.3 Å². The number of nitrogens with zero attached hydrogens (tertiary/aromatic N) is 1. The second-order valence-electron chi connectivity index (χ2n) is 4.56. The fourth-order valence-electron chi connectivity index (χ4n) is 2.27. The zero-order chi connectivity index (χ0) is 10.7. The highest BCUT2D eigenvalue weighted by Gasteiger charge is 2.38. The van der Waals surface area contributed by atoms with E-state index >= 15 is 0 Å². The summed E-state index contributed by atoms with van der Waals surface area (Å²) in [5, 5.41) is 0. The van der Waals surface area contributed by atoms with Crippen LogP contribution < -0.4 is 5.73 Å². The number of hydrogen-bond donors (Lipinski definition) is 1. The molecule has 2 N–H and O–H groups in total. The summed E-state index contributed by atoms with van der Waals surface area (Å²) in [6, 6.07) is 10.8. The van der Waals surface area contributed by atoms with Crippen LogP contribution in [0, 0.1) is 5.92 Å². The van der Waals surface area contributed by atoms with E-state index in [4.69, 9.17) is 5.73 Å². The van der Waals surface area contributed by atoms with E-state index in [0.29, 0.717) is 0 Å². The second-order valence-corrected chi connectivity index (χ2v) is 4.56. The van der Waals surface area contributed by atoms with Crippen LogP contribution in [0.2, 0.25) is 0 Å². The van der Waals surface area contributed by atoms with E-state index < -0.39 is 0 Å². The van der Waals surface area contributed by atoms with Crippen molar-refractivity contribution in [2.45, 2.75) is 12.3 Å². The number of likely N-dealkylation sites (N-methyl/N-ethyl adjacent to an activating group) is 1. The molecule has 1 aliphatic rings. The van der Waals surface area contributed by atoms with E-state index in [0.717, 1.165) is 24.9 Å². The van der Waals surface area contributed by atoms with Crippen LogP contribution >= 0.6 is 0 Å². The van der Waals surface area contributed by atoms with Crippen molar-refractivity contribution in [3.63, 3.8) is 0 Å². The SMILES string of the molecule is CN(CCN)CC1CC1c1ccccc1. The second kappa shape index (κ2) is 4.77. The van der Waals surface area contributed by atoms with Crippen molar-refractivity contribution in [2.24, 2.45) is 11.7 Å². The van der Waals surface area contributed by atoms with Crippen LogP contribution in [-0.2, 0) is 0 Å². The molecule has 2 unspecified atom stereocenters. The number of hydrogen-bond acceptors (Lipinski definition) is 2. The molecule has 1 fully saturated rings. The summed E-state index contributed by atoms with van der Waals surface area (Å²) >= 11 is 0. The Morgan fingerprint density at radius 2 is 2.07 bits per heavy atom. The fourth-order valence-corrected chi connectivity index (χ4v) is 2.27. The molecular weight excluding hydrogens is 184 g/mol. The molecule has 0 aliphatic heterocycles. The van der Waals surface area contributed by atoms with Gasteiger partial charge in [0.2, 0.25) is 0 Å². The molecule has 0 heterocycles. The third-order valence-electron chi connectivity index (χ3n) is 3.21. The summed E-state index contributed by atoms with van der Waals surface area (Å²) in [5.74, 6) is 1.65. The Kier molecular flexibility index (Phi) is 3.39. The Balaban J connectivity index is 1.81. The lowest BCUT2D eigenvalue weighted by molar-refractivity contribution is 0.326. The molecule has 0 radical (unpaired) electrons. The monoisotopic (exact) mass is 204 g/mol. The van der Waals surface area contributed by atoms with Crippen LogP contribution in [0.1, 0.15) is 17.9 Å². The maximum absolute atomic E-state index is 5.53. The highest BCUT2D eigenvalue weighted by atomic mass is 15.1. The van der Waals surface area contributed by atoms with Gasteiger partial charge in [0.25, 0.3) is 0 Å². The van der Waals surface area contributed by atoms with Crippen LogP contribution in [-0.4, -0.2) is 31.6 Å². The Bertz CT molecular complexity index is 297. The predicted octanol–water partition coefficient (Wildman–Crippen LogP) is 1.68. The first kappa shape index (κ1) is 10.7. The van der Waals surface area contributed by atoms with Gasteiger partial charge in [0.05, 0.1) is 0 Å². The zero-order valence-electron chi connectivity index (χ0n) is 9.39. The van der Waals surface area contributed by atoms with Crippen molar-refractivity contribution in [2.75, 3.05) is 26.7 Å². The minimum atomic E-state index is 0.763. The molecule has 0 amide bonds. The Labute approximate surface area is 92.1 Å². The highest BCUT2D eigenvalue weighted by Crippen LogP contribution is 2.47.